The minimum absolute atomic E-state index is 0.0384. The van der Waals surface area contributed by atoms with Crippen LogP contribution in [0.5, 0.6) is 5.75 Å². The van der Waals surface area contributed by atoms with Gasteiger partial charge in [0.15, 0.2) is 17.4 Å². The Morgan fingerprint density at radius 2 is 2.00 bits per heavy atom. The summed E-state index contributed by atoms with van der Waals surface area (Å²) in [6.45, 7) is 11.7. The highest BCUT2D eigenvalue weighted by molar-refractivity contribution is 5.73. The summed E-state index contributed by atoms with van der Waals surface area (Å²) in [4.78, 5) is 12.9. The van der Waals surface area contributed by atoms with E-state index in [1.54, 1.807) is 6.07 Å². The third kappa shape index (κ3) is 4.71. The first-order valence-electron chi connectivity index (χ1n) is 11.9. The number of aromatic nitrogens is 2. The van der Waals surface area contributed by atoms with Crippen molar-refractivity contribution >= 4 is 17.3 Å². The first-order valence-corrected chi connectivity index (χ1v) is 11.9. The summed E-state index contributed by atoms with van der Waals surface area (Å²) in [5, 5.41) is 3.18. The van der Waals surface area contributed by atoms with Gasteiger partial charge < -0.3 is 15.0 Å². The summed E-state index contributed by atoms with van der Waals surface area (Å²) >= 11 is 0. The van der Waals surface area contributed by atoms with Crippen LogP contribution in [0, 0.1) is 11.6 Å². The van der Waals surface area contributed by atoms with Crippen molar-refractivity contribution in [3.8, 4) is 17.0 Å². The Balaban J connectivity index is 1.43. The Kier molecular flexibility index (Phi) is 6.38. The van der Waals surface area contributed by atoms with E-state index in [2.05, 4.69) is 38.9 Å². The predicted molar refractivity (Wildman–Crippen MR) is 134 cm³/mol. The lowest BCUT2D eigenvalue weighted by Crippen LogP contribution is -2.38. The van der Waals surface area contributed by atoms with E-state index in [9.17, 15) is 8.78 Å². The summed E-state index contributed by atoms with van der Waals surface area (Å²) in [7, 11) is 0. The van der Waals surface area contributed by atoms with Gasteiger partial charge in [0.05, 0.1) is 18.4 Å². The molecule has 0 atom stereocenters. The smallest absolute Gasteiger partial charge is 0.227 e. The molecule has 2 aliphatic rings. The number of anilines is 3. The van der Waals surface area contributed by atoms with Gasteiger partial charge in [0.2, 0.25) is 5.95 Å². The third-order valence-corrected chi connectivity index (χ3v) is 6.49. The van der Waals surface area contributed by atoms with Gasteiger partial charge in [0.25, 0.3) is 0 Å². The number of halogens is 2. The Morgan fingerprint density at radius 3 is 2.80 bits per heavy atom. The maximum Gasteiger partial charge on any atom is 0.227 e. The minimum atomic E-state index is -0.615. The van der Waals surface area contributed by atoms with Gasteiger partial charge in [-0.05, 0) is 55.7 Å². The van der Waals surface area contributed by atoms with Crippen LogP contribution in [0.15, 0.2) is 49.2 Å². The first-order chi connectivity index (χ1) is 16.9. The molecule has 8 heteroatoms. The number of nitrogens with zero attached hydrogens (tertiary/aromatic N) is 4. The normalized spacial score (nSPS) is 15.4. The molecule has 0 radical (unpaired) electrons. The molecule has 0 unspecified atom stereocenters. The Hall–Kier alpha value is -3.52. The van der Waals surface area contributed by atoms with E-state index in [0.717, 1.165) is 37.9 Å². The van der Waals surface area contributed by atoms with Crippen LogP contribution in [0.3, 0.4) is 0 Å². The van der Waals surface area contributed by atoms with Gasteiger partial charge in [-0.25, -0.2) is 18.7 Å². The van der Waals surface area contributed by atoms with Crippen molar-refractivity contribution in [2.45, 2.75) is 32.9 Å². The molecule has 182 valence electrons. The molecule has 1 N–H and O–H groups in total. The fourth-order valence-corrected chi connectivity index (χ4v) is 4.76. The number of hydrogen-bond acceptors (Lipinski definition) is 6. The molecule has 6 nitrogen and oxygen atoms in total. The standard InChI is InChI=1S/C27H29F2N5O/c1-4-8-33-9-7-18-12-21(6-5-19(18)16-33)31-27-30-15-23(29)25(32-27)20-13-22(28)26-24(14-20)34(17(2)3)10-11-35-26/h4-6,12-15,17H,1,7-11,16H2,2-3H3,(H,30,31,32). The molecule has 0 spiro atoms. The first kappa shape index (κ1) is 23.2. The molecule has 1 aromatic heterocycles. The molecule has 0 fully saturated rings. The van der Waals surface area contributed by atoms with Crippen LogP contribution in [-0.4, -0.2) is 47.2 Å². The average molecular weight is 478 g/mol. The van der Waals surface area contributed by atoms with Crippen molar-refractivity contribution < 1.29 is 13.5 Å². The van der Waals surface area contributed by atoms with Crippen molar-refractivity contribution in [2.75, 3.05) is 36.5 Å². The Bertz CT molecular complexity index is 1260. The zero-order valence-corrected chi connectivity index (χ0v) is 20.0. The van der Waals surface area contributed by atoms with Crippen LogP contribution in [0.4, 0.5) is 26.1 Å². The van der Waals surface area contributed by atoms with Crippen LogP contribution < -0.4 is 15.0 Å². The quantitative estimate of drug-likeness (QED) is 0.485. The van der Waals surface area contributed by atoms with Gasteiger partial charge in [-0.15, -0.1) is 6.58 Å². The second-order valence-corrected chi connectivity index (χ2v) is 9.21. The van der Waals surface area contributed by atoms with E-state index in [0.29, 0.717) is 24.4 Å². The van der Waals surface area contributed by atoms with Gasteiger partial charge in [0.1, 0.15) is 12.3 Å². The Labute approximate surface area is 204 Å². The topological polar surface area (TPSA) is 53.5 Å². The Morgan fingerprint density at radius 1 is 1.14 bits per heavy atom. The van der Waals surface area contributed by atoms with Crippen molar-refractivity contribution in [1.82, 2.24) is 14.9 Å². The zero-order valence-electron chi connectivity index (χ0n) is 20.0. The largest absolute Gasteiger partial charge is 0.486 e. The van der Waals surface area contributed by atoms with Gasteiger partial charge in [-0.3, -0.25) is 4.90 Å². The molecule has 5 rings (SSSR count). The molecule has 2 aliphatic heterocycles. The van der Waals surface area contributed by atoms with Gasteiger partial charge in [-0.1, -0.05) is 12.1 Å². The number of ether oxygens (including phenoxy) is 1. The minimum Gasteiger partial charge on any atom is -0.486 e. The number of hydrogen-bond donors (Lipinski definition) is 1. The molecule has 3 heterocycles. The summed E-state index contributed by atoms with van der Waals surface area (Å²) < 4.78 is 35.3. The molecule has 0 bridgehead atoms. The van der Waals surface area contributed by atoms with E-state index in [1.165, 1.54) is 17.2 Å². The molecule has 2 aromatic carbocycles. The van der Waals surface area contributed by atoms with Crippen molar-refractivity contribution in [1.29, 1.82) is 0 Å². The molecule has 3 aromatic rings. The number of fused-ring (bicyclic) bond motifs is 2. The highest BCUT2D eigenvalue weighted by Gasteiger charge is 2.26. The van der Waals surface area contributed by atoms with E-state index >= 15 is 0 Å². The van der Waals surface area contributed by atoms with Crippen LogP contribution >= 0.6 is 0 Å². The van der Waals surface area contributed by atoms with Crippen LogP contribution in [0.1, 0.15) is 25.0 Å². The average Bonchev–Trinajstić information content (AvgIpc) is 2.85. The molecular formula is C27H29F2N5O. The monoisotopic (exact) mass is 477 g/mol. The lowest BCUT2D eigenvalue weighted by Gasteiger charge is -2.34. The van der Waals surface area contributed by atoms with E-state index in [-0.39, 0.29) is 23.4 Å². The lowest BCUT2D eigenvalue weighted by atomic mass is 9.99. The van der Waals surface area contributed by atoms with Crippen molar-refractivity contribution in [3.05, 3.63) is 71.9 Å². The highest BCUT2D eigenvalue weighted by atomic mass is 19.1. The fourth-order valence-electron chi connectivity index (χ4n) is 4.76. The van der Waals surface area contributed by atoms with Crippen LogP contribution in [0.2, 0.25) is 0 Å². The number of nitrogens with one attached hydrogen (secondary N) is 1. The lowest BCUT2D eigenvalue weighted by molar-refractivity contribution is 0.282. The summed E-state index contributed by atoms with van der Waals surface area (Å²) in [6, 6.07) is 9.30. The van der Waals surface area contributed by atoms with E-state index in [4.69, 9.17) is 4.74 Å². The second kappa shape index (κ2) is 9.62. The van der Waals surface area contributed by atoms with E-state index in [1.807, 2.05) is 30.9 Å². The van der Waals surface area contributed by atoms with Crippen LogP contribution in [-0.2, 0) is 13.0 Å². The molecule has 0 saturated heterocycles. The molecule has 0 aliphatic carbocycles. The van der Waals surface area contributed by atoms with Crippen molar-refractivity contribution in [3.63, 3.8) is 0 Å². The summed E-state index contributed by atoms with van der Waals surface area (Å²) in [6.07, 6.45) is 3.98. The maximum atomic E-state index is 14.9. The fraction of sp³-hybridized carbons (Fsp3) is 0.333. The summed E-state index contributed by atoms with van der Waals surface area (Å²) in [5.74, 6) is -0.700. The van der Waals surface area contributed by atoms with Gasteiger partial charge >= 0.3 is 0 Å². The molecule has 0 saturated carbocycles. The number of benzene rings is 2. The molecular weight excluding hydrogens is 448 g/mol. The van der Waals surface area contributed by atoms with E-state index < -0.39 is 11.6 Å². The maximum absolute atomic E-state index is 14.9. The van der Waals surface area contributed by atoms with Crippen molar-refractivity contribution in [2.24, 2.45) is 0 Å². The summed E-state index contributed by atoms with van der Waals surface area (Å²) in [5.41, 5.74) is 4.36. The van der Waals surface area contributed by atoms with Gasteiger partial charge in [0, 0.05) is 36.9 Å². The van der Waals surface area contributed by atoms with Crippen LogP contribution in [0.25, 0.3) is 11.3 Å². The highest BCUT2D eigenvalue weighted by Crippen LogP contribution is 2.39. The zero-order chi connectivity index (χ0) is 24.5. The second-order valence-electron chi connectivity index (χ2n) is 9.21. The third-order valence-electron chi connectivity index (χ3n) is 6.49. The number of rotatable bonds is 6. The molecule has 35 heavy (non-hydrogen) atoms. The van der Waals surface area contributed by atoms with Gasteiger partial charge in [-0.2, -0.15) is 0 Å². The SMILES string of the molecule is C=CCN1CCc2cc(Nc3ncc(F)c(-c4cc(F)c5c(c4)N(C(C)C)CCO5)n3)ccc2C1. The predicted octanol–water partition coefficient (Wildman–Crippen LogP) is 5.32. The molecule has 0 amide bonds.